The molecule has 0 bridgehead atoms. The van der Waals surface area contributed by atoms with Crippen LogP contribution in [0.15, 0.2) is 95.8 Å². The van der Waals surface area contributed by atoms with Crippen molar-refractivity contribution in [2.75, 3.05) is 18.5 Å². The molecule has 7 nitrogen and oxygen atoms in total. The van der Waals surface area contributed by atoms with E-state index in [1.165, 1.54) is 45.1 Å². The van der Waals surface area contributed by atoms with Crippen LogP contribution in [-0.4, -0.2) is 54.3 Å². The highest BCUT2D eigenvalue weighted by molar-refractivity contribution is 6.33. The Hall–Kier alpha value is -4.74. The molecular formula is C41H48BF4N3O4. The number of allylic oxidation sites excluding steroid dienone is 8. The van der Waals surface area contributed by atoms with Gasteiger partial charge < -0.3 is 14.4 Å². The number of para-hydroxylation sites is 2. The van der Waals surface area contributed by atoms with E-state index < -0.39 is 25.3 Å². The highest BCUT2D eigenvalue weighted by Gasteiger charge is 2.43. The maximum Gasteiger partial charge on any atom is 0.762 e. The first-order chi connectivity index (χ1) is 24.7. The molecule has 0 N–H and O–H groups in total. The second-order valence-electron chi connectivity index (χ2n) is 14.7. The Morgan fingerprint density at radius 3 is 2.17 bits per heavy atom. The predicted molar refractivity (Wildman–Crippen MR) is 199 cm³/mol. The number of amides is 2. The number of nitrogens with zero attached hydrogens (tertiary/aromatic N) is 3. The maximum absolute atomic E-state index is 12.3. The summed E-state index contributed by atoms with van der Waals surface area (Å²) in [4.78, 5) is 43.2. The molecular weight excluding hydrogens is 685 g/mol. The monoisotopic (exact) mass is 733 g/mol. The van der Waals surface area contributed by atoms with E-state index in [2.05, 4.69) is 123 Å². The minimum absolute atomic E-state index is 0. The second kappa shape index (κ2) is 17.4. The number of hydrogen-bond donors (Lipinski definition) is 0. The van der Waals surface area contributed by atoms with Crippen LogP contribution in [0.5, 0.6) is 0 Å². The predicted octanol–water partition coefficient (Wildman–Crippen LogP) is 6.02. The molecule has 12 heteroatoms. The number of benzene rings is 2. The summed E-state index contributed by atoms with van der Waals surface area (Å²) in [7, 11) is -1.50. The highest BCUT2D eigenvalue weighted by Crippen LogP contribution is 2.48. The number of unbranched alkanes of at least 4 members (excludes halogenated alkanes) is 2. The van der Waals surface area contributed by atoms with Gasteiger partial charge in [-0.05, 0) is 74.8 Å². The second-order valence-corrected chi connectivity index (χ2v) is 14.7. The Kier molecular flexibility index (Phi) is 13.5. The third-order valence-electron chi connectivity index (χ3n) is 10.4. The van der Waals surface area contributed by atoms with Gasteiger partial charge in [-0.15, -0.1) is 5.06 Å². The summed E-state index contributed by atoms with van der Waals surface area (Å²) in [5.41, 5.74) is 10.3. The number of rotatable bonds is 10. The van der Waals surface area contributed by atoms with Crippen LogP contribution in [0.1, 0.15) is 96.6 Å². The van der Waals surface area contributed by atoms with Crippen LogP contribution < -0.4 is 9.60 Å². The fraction of sp³-hybridized carbons (Fsp3) is 0.415. The number of imide groups is 1. The van der Waals surface area contributed by atoms with Gasteiger partial charge in [0.2, 0.25) is 5.69 Å². The molecule has 2 aromatic rings. The fourth-order valence-corrected chi connectivity index (χ4v) is 7.72. The van der Waals surface area contributed by atoms with Crippen LogP contribution in [0.3, 0.4) is 0 Å². The Morgan fingerprint density at radius 2 is 1.49 bits per heavy atom. The lowest BCUT2D eigenvalue weighted by Gasteiger charge is -2.27. The SMILES string of the molecule is C[N+]1=C(C=CC2=CC(=CC=C3N(CCCCCC(=O)ON4C(=O)CCC4=O)c4ccccc4C3(C)C)CCC2)C(C)(C)c2ccccc21.FB(F)F.[F-]. The van der Waals surface area contributed by atoms with Gasteiger partial charge in [-0.1, -0.05) is 74.9 Å². The van der Waals surface area contributed by atoms with E-state index >= 15 is 0 Å². The van der Waals surface area contributed by atoms with Crippen molar-refractivity contribution in [1.29, 1.82) is 0 Å². The van der Waals surface area contributed by atoms with Crippen molar-refractivity contribution in [2.24, 2.45) is 0 Å². The molecule has 1 fully saturated rings. The van der Waals surface area contributed by atoms with Gasteiger partial charge in [0.25, 0.3) is 11.8 Å². The Balaban J connectivity index is 0.00000119. The molecule has 3 heterocycles. The third-order valence-corrected chi connectivity index (χ3v) is 10.4. The maximum atomic E-state index is 12.3. The quantitative estimate of drug-likeness (QED) is 0.0984. The molecule has 0 aromatic heterocycles. The molecule has 3 aliphatic heterocycles. The summed E-state index contributed by atoms with van der Waals surface area (Å²) in [6.45, 7) is 10.1. The van der Waals surface area contributed by atoms with E-state index in [0.717, 1.165) is 38.6 Å². The molecule has 6 rings (SSSR count). The zero-order valence-electron chi connectivity index (χ0n) is 31.1. The number of halogens is 4. The lowest BCUT2D eigenvalue weighted by Crippen LogP contribution is -3.00. The Labute approximate surface area is 310 Å². The molecule has 0 spiro atoms. The van der Waals surface area contributed by atoms with E-state index in [9.17, 15) is 27.3 Å². The minimum atomic E-state index is -3.67. The summed E-state index contributed by atoms with van der Waals surface area (Å²) in [5.74, 6) is -1.42. The summed E-state index contributed by atoms with van der Waals surface area (Å²) >= 11 is 0. The Bertz CT molecular complexity index is 1850. The largest absolute Gasteiger partial charge is 1.00 e. The van der Waals surface area contributed by atoms with Gasteiger partial charge in [-0.25, -0.2) is 4.79 Å². The average Bonchev–Trinajstić information content (AvgIpc) is 3.61. The molecule has 2 aromatic carbocycles. The lowest BCUT2D eigenvalue weighted by molar-refractivity contribution is -0.401. The zero-order valence-corrected chi connectivity index (χ0v) is 31.1. The standard InChI is InChI=1S/C41H48N3O4.BF3.FH/c1-40(2)31-16-8-10-18-33(31)42(5)35(40)23-21-29-14-13-15-30(28-29)22-24-36-41(3,4)32-17-9-11-19-34(32)43(36)27-12-6-7-20-39(47)48-44-37(45)25-26-38(44)46;2-1(3)4;/h8-11,16-19,21-24,28H,6-7,12-15,20,25-27H2,1-5H3;;1H/q+1;;/p-1. The van der Waals surface area contributed by atoms with Gasteiger partial charge in [0, 0.05) is 60.3 Å². The van der Waals surface area contributed by atoms with Crippen LogP contribution in [0, 0.1) is 0 Å². The first-order valence-corrected chi connectivity index (χ1v) is 18.1. The summed E-state index contributed by atoms with van der Waals surface area (Å²) in [6.07, 6.45) is 17.7. The minimum Gasteiger partial charge on any atom is -1.00 e. The highest BCUT2D eigenvalue weighted by atomic mass is 19.4. The molecule has 0 radical (unpaired) electrons. The fourth-order valence-electron chi connectivity index (χ4n) is 7.72. The number of hydroxylamine groups is 2. The van der Waals surface area contributed by atoms with E-state index in [-0.39, 0.29) is 34.8 Å². The number of hydrogen-bond acceptors (Lipinski definition) is 5. The van der Waals surface area contributed by atoms with Crippen molar-refractivity contribution in [2.45, 2.75) is 96.3 Å². The molecule has 282 valence electrons. The van der Waals surface area contributed by atoms with Crippen molar-refractivity contribution in [1.82, 2.24) is 5.06 Å². The van der Waals surface area contributed by atoms with Gasteiger partial charge in [0.05, 0.1) is 5.41 Å². The molecule has 0 unspecified atom stereocenters. The molecule has 53 heavy (non-hydrogen) atoms. The third kappa shape index (κ3) is 9.26. The summed E-state index contributed by atoms with van der Waals surface area (Å²) in [5, 5.41) is 0.630. The first kappa shape index (κ1) is 41.0. The van der Waals surface area contributed by atoms with Crippen LogP contribution in [0.4, 0.5) is 24.3 Å². The van der Waals surface area contributed by atoms with Crippen molar-refractivity contribution in [3.8, 4) is 0 Å². The van der Waals surface area contributed by atoms with Crippen molar-refractivity contribution in [3.63, 3.8) is 0 Å². The first-order valence-electron chi connectivity index (χ1n) is 18.1. The molecule has 1 aliphatic carbocycles. The van der Waals surface area contributed by atoms with Crippen molar-refractivity contribution in [3.05, 3.63) is 107 Å². The topological polar surface area (TPSA) is 69.9 Å². The summed E-state index contributed by atoms with van der Waals surface area (Å²) in [6, 6.07) is 17.3. The van der Waals surface area contributed by atoms with Crippen LogP contribution in [0.2, 0.25) is 0 Å². The number of carbonyl (C=O) groups is 3. The van der Waals surface area contributed by atoms with Crippen LogP contribution in [0.25, 0.3) is 0 Å². The number of fused-ring (bicyclic) bond motifs is 2. The number of anilines is 1. The van der Waals surface area contributed by atoms with E-state index in [1.54, 1.807) is 0 Å². The van der Waals surface area contributed by atoms with Gasteiger partial charge in [0.1, 0.15) is 7.05 Å². The lowest BCUT2D eigenvalue weighted by atomic mass is 9.81. The van der Waals surface area contributed by atoms with Gasteiger partial charge >= 0.3 is 13.5 Å². The van der Waals surface area contributed by atoms with Crippen LogP contribution in [-0.2, 0) is 30.1 Å². The molecule has 4 aliphatic rings. The molecule has 0 saturated carbocycles. The smallest absolute Gasteiger partial charge is 0.762 e. The van der Waals surface area contributed by atoms with E-state index in [4.69, 9.17) is 4.84 Å². The molecule has 0 atom stereocenters. The summed E-state index contributed by atoms with van der Waals surface area (Å²) < 4.78 is 31.3. The number of carbonyl (C=O) groups excluding carboxylic acids is 3. The Morgan fingerprint density at radius 1 is 0.849 bits per heavy atom. The zero-order chi connectivity index (χ0) is 37.6. The van der Waals surface area contributed by atoms with Crippen LogP contribution >= 0.6 is 0 Å². The van der Waals surface area contributed by atoms with Crippen molar-refractivity contribution >= 4 is 42.4 Å². The normalized spacial score (nSPS) is 20.0. The van der Waals surface area contributed by atoms with Gasteiger partial charge in [0.15, 0.2) is 5.71 Å². The van der Waals surface area contributed by atoms with E-state index in [0.29, 0.717) is 11.5 Å². The van der Waals surface area contributed by atoms with Gasteiger partial charge in [-0.2, -0.15) is 4.58 Å². The van der Waals surface area contributed by atoms with Gasteiger partial charge in [-0.3, -0.25) is 22.5 Å². The van der Waals surface area contributed by atoms with E-state index in [1.807, 2.05) is 0 Å². The molecule has 1 saturated heterocycles. The van der Waals surface area contributed by atoms with Crippen molar-refractivity contribution < 1.29 is 41.4 Å². The molecule has 2 amide bonds. The average molecular weight is 734 g/mol.